The van der Waals surface area contributed by atoms with Crippen LogP contribution in [-0.2, 0) is 0 Å². The van der Waals surface area contributed by atoms with Gasteiger partial charge in [0.1, 0.15) is 0 Å². The van der Waals surface area contributed by atoms with Gasteiger partial charge in [0.05, 0.1) is 8.88 Å². The Morgan fingerprint density at radius 3 is 0.778 bits per heavy atom. The molecule has 4 aromatic rings. The fraction of sp³-hybridized carbons (Fsp3) is 0. The molecule has 132 valence electrons. The molecule has 0 atom stereocenters. The summed E-state index contributed by atoms with van der Waals surface area (Å²) in [6.45, 7) is 0. The summed E-state index contributed by atoms with van der Waals surface area (Å²) in [5.74, 6) is 0. The predicted octanol–water partition coefficient (Wildman–Crippen LogP) is 7.17. The molecule has 0 spiro atoms. The van der Waals surface area contributed by atoms with Gasteiger partial charge in [-0.3, -0.25) is 0 Å². The van der Waals surface area contributed by atoms with Gasteiger partial charge in [0, 0.05) is 22.7 Å². The zero-order valence-electron chi connectivity index (χ0n) is 14.9. The molecule has 3 heteroatoms. The Balaban J connectivity index is 1.77. The highest BCUT2D eigenvalue weighted by atomic mass is 31.1. The average molecular weight is 368 g/mol. The zero-order valence-corrected chi connectivity index (χ0v) is 15.9. The van der Waals surface area contributed by atoms with Crippen LogP contribution in [0.3, 0.4) is 0 Å². The van der Waals surface area contributed by atoms with Crippen molar-refractivity contribution in [3.05, 3.63) is 121 Å². The van der Waals surface area contributed by atoms with Crippen molar-refractivity contribution >= 4 is 31.6 Å². The first-order valence-electron chi connectivity index (χ1n) is 8.98. The van der Waals surface area contributed by atoms with Gasteiger partial charge in [0.2, 0.25) is 0 Å². The third-order valence-electron chi connectivity index (χ3n) is 4.26. The smallest absolute Gasteiger partial charge is 0.0893 e. The standard InChI is InChI=1S/C24H21N2P/c1-5-13-21(14-6-1)25(22-15-7-2-8-16-22)27-26(23-17-9-3-10-18-23)24-19-11-4-12-20-24/h1-20,27H. The molecule has 4 aromatic carbocycles. The highest BCUT2D eigenvalue weighted by Gasteiger charge is 2.16. The molecule has 0 aliphatic heterocycles. The van der Waals surface area contributed by atoms with Crippen molar-refractivity contribution in [2.45, 2.75) is 0 Å². The summed E-state index contributed by atoms with van der Waals surface area (Å²) in [6.07, 6.45) is 0. The zero-order chi connectivity index (χ0) is 18.3. The molecule has 0 aromatic heterocycles. The summed E-state index contributed by atoms with van der Waals surface area (Å²) in [7, 11) is 0.391. The Labute approximate surface area is 162 Å². The van der Waals surface area contributed by atoms with Crippen molar-refractivity contribution in [2.75, 3.05) is 9.34 Å². The Bertz CT molecular complexity index is 785. The lowest BCUT2D eigenvalue weighted by atomic mass is 10.3. The number of benzene rings is 4. The summed E-state index contributed by atoms with van der Waals surface area (Å²) in [5, 5.41) is 0. The highest BCUT2D eigenvalue weighted by molar-refractivity contribution is 7.43. The van der Waals surface area contributed by atoms with Crippen LogP contribution >= 0.6 is 8.88 Å². The van der Waals surface area contributed by atoms with E-state index < -0.39 is 0 Å². The van der Waals surface area contributed by atoms with Crippen molar-refractivity contribution < 1.29 is 0 Å². The van der Waals surface area contributed by atoms with E-state index in [0.29, 0.717) is 8.88 Å². The third-order valence-corrected chi connectivity index (χ3v) is 5.69. The maximum absolute atomic E-state index is 2.36. The van der Waals surface area contributed by atoms with Crippen molar-refractivity contribution in [2.24, 2.45) is 0 Å². The van der Waals surface area contributed by atoms with Crippen molar-refractivity contribution in [1.29, 1.82) is 0 Å². The molecule has 0 saturated carbocycles. The van der Waals surface area contributed by atoms with Crippen LogP contribution in [0, 0.1) is 0 Å². The molecule has 0 N–H and O–H groups in total. The normalized spacial score (nSPS) is 10.4. The largest absolute Gasteiger partial charge is 0.305 e. The summed E-state index contributed by atoms with van der Waals surface area (Å²) >= 11 is 0. The highest BCUT2D eigenvalue weighted by Crippen LogP contribution is 2.44. The Morgan fingerprint density at radius 2 is 0.556 bits per heavy atom. The van der Waals surface area contributed by atoms with Crippen LogP contribution in [-0.4, -0.2) is 0 Å². The Morgan fingerprint density at radius 1 is 0.333 bits per heavy atom. The quantitative estimate of drug-likeness (QED) is 0.333. The van der Waals surface area contributed by atoms with Gasteiger partial charge >= 0.3 is 0 Å². The minimum Gasteiger partial charge on any atom is -0.305 e. The van der Waals surface area contributed by atoms with E-state index in [9.17, 15) is 0 Å². The van der Waals surface area contributed by atoms with E-state index in [1.54, 1.807) is 0 Å². The number of para-hydroxylation sites is 4. The molecule has 0 fully saturated rings. The second kappa shape index (κ2) is 8.53. The van der Waals surface area contributed by atoms with Gasteiger partial charge in [0.25, 0.3) is 0 Å². The minimum absolute atomic E-state index is 0.391. The van der Waals surface area contributed by atoms with Crippen LogP contribution < -0.4 is 9.34 Å². The summed E-state index contributed by atoms with van der Waals surface area (Å²) in [4.78, 5) is 0. The van der Waals surface area contributed by atoms with Gasteiger partial charge in [-0.2, -0.15) is 0 Å². The van der Waals surface area contributed by atoms with Crippen molar-refractivity contribution in [1.82, 2.24) is 0 Å². The summed E-state index contributed by atoms with van der Waals surface area (Å²) < 4.78 is 4.72. The van der Waals surface area contributed by atoms with E-state index in [4.69, 9.17) is 0 Å². The molecule has 0 heterocycles. The van der Waals surface area contributed by atoms with Crippen LogP contribution in [0.4, 0.5) is 22.7 Å². The lowest BCUT2D eigenvalue weighted by molar-refractivity contribution is 1.36. The number of anilines is 4. The SMILES string of the molecule is c1ccc(N(PN(c2ccccc2)c2ccccc2)c2ccccc2)cc1. The summed E-state index contributed by atoms with van der Waals surface area (Å²) in [6, 6.07) is 42.2. The van der Waals surface area contributed by atoms with E-state index >= 15 is 0 Å². The number of rotatable bonds is 6. The minimum atomic E-state index is 0.391. The Hall–Kier alpha value is -3.09. The van der Waals surface area contributed by atoms with Crippen LogP contribution in [0.15, 0.2) is 121 Å². The van der Waals surface area contributed by atoms with Gasteiger partial charge in [-0.05, 0) is 48.5 Å². The van der Waals surface area contributed by atoms with Gasteiger partial charge in [-0.1, -0.05) is 72.8 Å². The molecule has 0 aliphatic rings. The van der Waals surface area contributed by atoms with Crippen LogP contribution in [0.2, 0.25) is 0 Å². The topological polar surface area (TPSA) is 6.48 Å². The van der Waals surface area contributed by atoms with E-state index in [1.807, 2.05) is 0 Å². The second-order valence-corrected chi connectivity index (χ2v) is 7.21. The Kier molecular flexibility index (Phi) is 5.47. The lowest BCUT2D eigenvalue weighted by Crippen LogP contribution is -2.15. The second-order valence-electron chi connectivity index (χ2n) is 6.11. The summed E-state index contributed by atoms with van der Waals surface area (Å²) in [5.41, 5.74) is 4.72. The van der Waals surface area contributed by atoms with E-state index in [1.165, 1.54) is 22.7 Å². The van der Waals surface area contributed by atoms with Crippen molar-refractivity contribution in [3.8, 4) is 0 Å². The van der Waals surface area contributed by atoms with Crippen LogP contribution in [0.1, 0.15) is 0 Å². The molecular formula is C24H21N2P. The van der Waals surface area contributed by atoms with E-state index in [0.717, 1.165) is 0 Å². The molecule has 4 rings (SSSR count). The lowest BCUT2D eigenvalue weighted by Gasteiger charge is -2.33. The molecule has 0 aliphatic carbocycles. The van der Waals surface area contributed by atoms with Gasteiger partial charge in [-0.15, -0.1) is 0 Å². The molecule has 0 unspecified atom stereocenters. The van der Waals surface area contributed by atoms with Gasteiger partial charge in [-0.25, -0.2) is 0 Å². The maximum atomic E-state index is 2.36. The number of hydrogen-bond acceptors (Lipinski definition) is 2. The molecule has 2 nitrogen and oxygen atoms in total. The van der Waals surface area contributed by atoms with Gasteiger partial charge in [0.15, 0.2) is 0 Å². The molecule has 0 bridgehead atoms. The van der Waals surface area contributed by atoms with E-state index in [2.05, 4.69) is 131 Å². The fourth-order valence-electron chi connectivity index (χ4n) is 2.94. The first-order chi connectivity index (χ1) is 13.4. The van der Waals surface area contributed by atoms with Crippen LogP contribution in [0.5, 0.6) is 0 Å². The molecule has 0 amide bonds. The van der Waals surface area contributed by atoms with E-state index in [-0.39, 0.29) is 0 Å². The van der Waals surface area contributed by atoms with Crippen molar-refractivity contribution in [3.63, 3.8) is 0 Å². The molecule has 0 saturated heterocycles. The maximum Gasteiger partial charge on any atom is 0.0893 e. The predicted molar refractivity (Wildman–Crippen MR) is 118 cm³/mol. The number of nitrogens with zero attached hydrogens (tertiary/aromatic N) is 2. The van der Waals surface area contributed by atoms with Crippen LogP contribution in [0.25, 0.3) is 0 Å². The first-order valence-corrected chi connectivity index (χ1v) is 9.88. The average Bonchev–Trinajstić information content (AvgIpc) is 2.77. The first kappa shape index (κ1) is 17.3. The fourth-order valence-corrected chi connectivity index (χ4v) is 4.20. The number of hydrogen-bond donors (Lipinski definition) is 0. The van der Waals surface area contributed by atoms with Gasteiger partial charge < -0.3 is 9.34 Å². The molecular weight excluding hydrogens is 347 g/mol. The monoisotopic (exact) mass is 368 g/mol. The third kappa shape index (κ3) is 4.19. The molecule has 27 heavy (non-hydrogen) atoms. The molecule has 0 radical (unpaired) electrons.